The molecule has 22 heavy (non-hydrogen) atoms. The van der Waals surface area contributed by atoms with Gasteiger partial charge in [0.15, 0.2) is 0 Å². The lowest BCUT2D eigenvalue weighted by Crippen LogP contribution is -2.48. The molecule has 0 N–H and O–H groups in total. The summed E-state index contributed by atoms with van der Waals surface area (Å²) in [5.41, 5.74) is 2.41. The summed E-state index contributed by atoms with van der Waals surface area (Å²) in [7, 11) is 0. The van der Waals surface area contributed by atoms with Crippen LogP contribution in [0.1, 0.15) is 12.6 Å². The van der Waals surface area contributed by atoms with E-state index in [9.17, 15) is 4.79 Å². The highest BCUT2D eigenvalue weighted by molar-refractivity contribution is 5.91. The van der Waals surface area contributed by atoms with Crippen molar-refractivity contribution in [1.82, 2.24) is 19.8 Å². The van der Waals surface area contributed by atoms with Crippen molar-refractivity contribution in [2.24, 2.45) is 0 Å². The molecule has 0 saturated carbocycles. The standard InChI is InChI=1S/C17H20N4O/c1-2-20-9-11-21(12-10-20)17(22)8-7-14-13-18-15-5-3-4-6-16(15)19-14/h3-8,13H,2,9-12H2,1H3/b8-7+. The van der Waals surface area contributed by atoms with Gasteiger partial charge in [-0.2, -0.15) is 0 Å². The first-order valence-corrected chi connectivity index (χ1v) is 7.67. The molecular weight excluding hydrogens is 276 g/mol. The lowest BCUT2D eigenvalue weighted by molar-refractivity contribution is -0.127. The number of para-hydroxylation sites is 2. The van der Waals surface area contributed by atoms with E-state index in [1.165, 1.54) is 0 Å². The third-order valence-corrected chi connectivity index (χ3v) is 4.00. The number of hydrogen-bond donors (Lipinski definition) is 0. The maximum atomic E-state index is 12.2. The number of carbonyl (C=O) groups excluding carboxylic acids is 1. The second-order valence-electron chi connectivity index (χ2n) is 5.38. The maximum absolute atomic E-state index is 12.2. The lowest BCUT2D eigenvalue weighted by Gasteiger charge is -2.33. The molecule has 0 spiro atoms. The summed E-state index contributed by atoms with van der Waals surface area (Å²) < 4.78 is 0. The number of rotatable bonds is 3. The Balaban J connectivity index is 1.66. The Bertz CT molecular complexity index is 690. The molecule has 1 aliphatic rings. The summed E-state index contributed by atoms with van der Waals surface area (Å²) in [4.78, 5) is 25.3. The number of nitrogens with zero attached hydrogens (tertiary/aromatic N) is 4. The Hall–Kier alpha value is -2.27. The molecule has 0 aliphatic carbocycles. The van der Waals surface area contributed by atoms with E-state index in [0.717, 1.165) is 43.8 Å². The molecule has 0 atom stereocenters. The van der Waals surface area contributed by atoms with Crippen LogP contribution >= 0.6 is 0 Å². The van der Waals surface area contributed by atoms with Gasteiger partial charge < -0.3 is 9.80 Å². The fourth-order valence-electron chi connectivity index (χ4n) is 2.60. The molecule has 2 aromatic rings. The van der Waals surface area contributed by atoms with E-state index in [1.54, 1.807) is 18.3 Å². The van der Waals surface area contributed by atoms with Crippen molar-refractivity contribution in [2.45, 2.75) is 6.92 Å². The molecule has 1 saturated heterocycles. The first kappa shape index (κ1) is 14.7. The molecule has 114 valence electrons. The van der Waals surface area contributed by atoms with Crippen molar-refractivity contribution < 1.29 is 4.79 Å². The number of amides is 1. The molecule has 3 rings (SSSR count). The van der Waals surface area contributed by atoms with Gasteiger partial charge in [0.05, 0.1) is 22.9 Å². The van der Waals surface area contributed by atoms with Gasteiger partial charge >= 0.3 is 0 Å². The van der Waals surface area contributed by atoms with Gasteiger partial charge in [0.1, 0.15) is 0 Å². The largest absolute Gasteiger partial charge is 0.337 e. The van der Waals surface area contributed by atoms with Crippen LogP contribution in [-0.4, -0.2) is 58.4 Å². The van der Waals surface area contributed by atoms with Gasteiger partial charge in [-0.3, -0.25) is 9.78 Å². The lowest BCUT2D eigenvalue weighted by atomic mass is 10.2. The summed E-state index contributed by atoms with van der Waals surface area (Å²) in [6.07, 6.45) is 5.04. The Morgan fingerprint density at radius 1 is 1.18 bits per heavy atom. The van der Waals surface area contributed by atoms with E-state index in [0.29, 0.717) is 5.69 Å². The first-order chi connectivity index (χ1) is 10.8. The Morgan fingerprint density at radius 3 is 2.64 bits per heavy atom. The number of piperazine rings is 1. The van der Waals surface area contributed by atoms with Gasteiger partial charge in [-0.05, 0) is 24.8 Å². The molecule has 5 heteroatoms. The van der Waals surface area contributed by atoms with E-state index in [4.69, 9.17) is 0 Å². The Labute approximate surface area is 130 Å². The van der Waals surface area contributed by atoms with E-state index in [1.807, 2.05) is 29.2 Å². The molecule has 1 aliphatic heterocycles. The van der Waals surface area contributed by atoms with Gasteiger partial charge in [-0.25, -0.2) is 4.98 Å². The van der Waals surface area contributed by atoms with Crippen molar-refractivity contribution in [2.75, 3.05) is 32.7 Å². The molecule has 0 unspecified atom stereocenters. The molecule has 1 fully saturated rings. The molecule has 1 amide bonds. The average molecular weight is 296 g/mol. The van der Waals surface area contributed by atoms with Crippen LogP contribution in [0.25, 0.3) is 17.1 Å². The number of likely N-dealkylation sites (N-methyl/N-ethyl adjacent to an activating group) is 1. The molecule has 5 nitrogen and oxygen atoms in total. The van der Waals surface area contributed by atoms with E-state index >= 15 is 0 Å². The van der Waals surface area contributed by atoms with E-state index in [-0.39, 0.29) is 5.91 Å². The zero-order valence-electron chi connectivity index (χ0n) is 12.8. The highest BCUT2D eigenvalue weighted by Gasteiger charge is 2.18. The second-order valence-corrected chi connectivity index (χ2v) is 5.38. The summed E-state index contributed by atoms with van der Waals surface area (Å²) >= 11 is 0. The molecule has 1 aromatic carbocycles. The fourth-order valence-corrected chi connectivity index (χ4v) is 2.60. The van der Waals surface area contributed by atoms with Crippen molar-refractivity contribution in [3.8, 4) is 0 Å². The highest BCUT2D eigenvalue weighted by atomic mass is 16.2. The van der Waals surface area contributed by atoms with E-state index in [2.05, 4.69) is 21.8 Å². The van der Waals surface area contributed by atoms with Crippen LogP contribution in [0.15, 0.2) is 36.5 Å². The Morgan fingerprint density at radius 2 is 1.91 bits per heavy atom. The summed E-state index contributed by atoms with van der Waals surface area (Å²) in [5, 5.41) is 0. The van der Waals surface area contributed by atoms with Crippen molar-refractivity contribution in [3.63, 3.8) is 0 Å². The van der Waals surface area contributed by atoms with Crippen LogP contribution in [-0.2, 0) is 4.79 Å². The fraction of sp³-hybridized carbons (Fsp3) is 0.353. The number of benzene rings is 1. The van der Waals surface area contributed by atoms with Gasteiger partial charge in [0.25, 0.3) is 0 Å². The average Bonchev–Trinajstić information content (AvgIpc) is 2.59. The van der Waals surface area contributed by atoms with Crippen LogP contribution in [0.2, 0.25) is 0 Å². The SMILES string of the molecule is CCN1CCN(C(=O)/C=C/c2cnc3ccccc3n2)CC1. The molecule has 2 heterocycles. The van der Waals surface area contributed by atoms with Crippen LogP contribution < -0.4 is 0 Å². The third kappa shape index (κ3) is 3.31. The number of carbonyl (C=O) groups is 1. The zero-order valence-corrected chi connectivity index (χ0v) is 12.8. The minimum absolute atomic E-state index is 0.0470. The maximum Gasteiger partial charge on any atom is 0.246 e. The van der Waals surface area contributed by atoms with E-state index < -0.39 is 0 Å². The highest BCUT2D eigenvalue weighted by Crippen LogP contribution is 2.10. The van der Waals surface area contributed by atoms with Gasteiger partial charge in [-0.15, -0.1) is 0 Å². The monoisotopic (exact) mass is 296 g/mol. The number of fused-ring (bicyclic) bond motifs is 1. The van der Waals surface area contributed by atoms with Crippen molar-refractivity contribution in [1.29, 1.82) is 0 Å². The zero-order chi connectivity index (χ0) is 15.4. The second kappa shape index (κ2) is 6.66. The minimum atomic E-state index is 0.0470. The normalized spacial score (nSPS) is 16.5. The molecule has 0 radical (unpaired) electrons. The quantitative estimate of drug-likeness (QED) is 0.811. The van der Waals surface area contributed by atoms with Gasteiger partial charge in [-0.1, -0.05) is 19.1 Å². The van der Waals surface area contributed by atoms with Gasteiger partial charge in [0.2, 0.25) is 5.91 Å². The number of aromatic nitrogens is 2. The first-order valence-electron chi connectivity index (χ1n) is 7.67. The van der Waals surface area contributed by atoms with Crippen LogP contribution in [0, 0.1) is 0 Å². The molecule has 0 bridgehead atoms. The van der Waals surface area contributed by atoms with Crippen LogP contribution in [0.5, 0.6) is 0 Å². The van der Waals surface area contributed by atoms with Crippen molar-refractivity contribution in [3.05, 3.63) is 42.2 Å². The minimum Gasteiger partial charge on any atom is -0.337 e. The van der Waals surface area contributed by atoms with Crippen molar-refractivity contribution >= 4 is 23.0 Å². The van der Waals surface area contributed by atoms with Gasteiger partial charge in [0, 0.05) is 32.3 Å². The summed E-state index contributed by atoms with van der Waals surface area (Å²) in [5.74, 6) is 0.0470. The summed E-state index contributed by atoms with van der Waals surface area (Å²) in [6, 6.07) is 7.72. The van der Waals surface area contributed by atoms with Crippen LogP contribution in [0.4, 0.5) is 0 Å². The predicted octanol–water partition coefficient (Wildman–Crippen LogP) is 1.81. The topological polar surface area (TPSA) is 49.3 Å². The Kier molecular flexibility index (Phi) is 4.44. The predicted molar refractivity (Wildman–Crippen MR) is 87.3 cm³/mol. The smallest absolute Gasteiger partial charge is 0.246 e. The number of hydrogen-bond acceptors (Lipinski definition) is 4. The molecular formula is C17H20N4O. The third-order valence-electron chi connectivity index (χ3n) is 4.00. The van der Waals surface area contributed by atoms with Crippen LogP contribution in [0.3, 0.4) is 0 Å². The summed E-state index contributed by atoms with van der Waals surface area (Å²) in [6.45, 7) is 6.68. The molecule has 1 aromatic heterocycles.